The van der Waals surface area contributed by atoms with Crippen LogP contribution < -0.4 is 10.9 Å². The van der Waals surface area contributed by atoms with E-state index in [-0.39, 0.29) is 5.56 Å². The van der Waals surface area contributed by atoms with Gasteiger partial charge in [-0.05, 0) is 43.9 Å². The molecule has 0 fully saturated rings. The number of H-pyrrole nitrogens is 1. The van der Waals surface area contributed by atoms with Crippen molar-refractivity contribution in [2.75, 3.05) is 6.54 Å². The fourth-order valence-corrected chi connectivity index (χ4v) is 3.06. The third kappa shape index (κ3) is 5.16. The minimum Gasteiger partial charge on any atom is -0.427 e. The molecule has 3 aromatic rings. The number of amides is 1. The van der Waals surface area contributed by atoms with Crippen LogP contribution in [0.2, 0.25) is 0 Å². The Bertz CT molecular complexity index is 992. The normalized spacial score (nSPS) is 10.8. The molecule has 0 saturated carbocycles. The molecular formula is C21H24N4O3. The van der Waals surface area contributed by atoms with Crippen molar-refractivity contribution in [1.82, 2.24) is 20.5 Å². The Morgan fingerprint density at radius 1 is 1.14 bits per heavy atom. The first-order valence-corrected chi connectivity index (χ1v) is 9.36. The summed E-state index contributed by atoms with van der Waals surface area (Å²) in [6, 6.07) is 11.9. The molecule has 0 atom stereocenters. The number of carbonyl (C=O) groups excluding carboxylic acids is 1. The summed E-state index contributed by atoms with van der Waals surface area (Å²) in [5.41, 5.74) is 1.33. The third-order valence-corrected chi connectivity index (χ3v) is 4.44. The Balaban J connectivity index is 1.56. The van der Waals surface area contributed by atoms with Crippen LogP contribution in [0.5, 0.6) is 0 Å². The Labute approximate surface area is 163 Å². The molecule has 1 amide bonds. The summed E-state index contributed by atoms with van der Waals surface area (Å²) in [5, 5.41) is 9.50. The molecule has 0 aliphatic carbocycles. The molecule has 7 heteroatoms. The lowest BCUT2D eigenvalue weighted by Gasteiger charge is -2.08. The van der Waals surface area contributed by atoms with E-state index < -0.39 is 11.5 Å². The van der Waals surface area contributed by atoms with Crippen molar-refractivity contribution in [2.24, 2.45) is 0 Å². The zero-order valence-corrected chi connectivity index (χ0v) is 16.1. The van der Waals surface area contributed by atoms with E-state index in [2.05, 4.69) is 32.6 Å². The molecule has 2 N–H and O–H groups in total. The number of benzene rings is 1. The molecule has 0 aliphatic rings. The van der Waals surface area contributed by atoms with E-state index in [9.17, 15) is 9.59 Å². The molecule has 0 saturated heterocycles. The monoisotopic (exact) mass is 380 g/mol. The van der Waals surface area contributed by atoms with Crippen molar-refractivity contribution in [3.05, 3.63) is 80.9 Å². The van der Waals surface area contributed by atoms with Crippen LogP contribution in [0.3, 0.4) is 0 Å². The second kappa shape index (κ2) is 9.12. The van der Waals surface area contributed by atoms with Gasteiger partial charge in [0.15, 0.2) is 5.82 Å². The van der Waals surface area contributed by atoms with Crippen LogP contribution in [0.4, 0.5) is 0 Å². The van der Waals surface area contributed by atoms with Crippen LogP contribution in [0.25, 0.3) is 0 Å². The van der Waals surface area contributed by atoms with E-state index in [0.717, 1.165) is 18.7 Å². The van der Waals surface area contributed by atoms with Gasteiger partial charge in [-0.3, -0.25) is 9.89 Å². The standard InChI is InChI=1S/C21H24N4O3/c1-14-13-17(10-6-9-16-7-4-3-5-8-16)28-21(27)19(14)20(26)22-12-11-18-23-15(2)24-25-18/h3-5,7-8,13H,6,9-12H2,1-2H3,(H,22,26)(H,23,24,25). The number of carbonyl (C=O) groups is 1. The molecule has 0 aliphatic heterocycles. The highest BCUT2D eigenvalue weighted by atomic mass is 16.4. The quantitative estimate of drug-likeness (QED) is 0.625. The van der Waals surface area contributed by atoms with E-state index in [0.29, 0.717) is 36.5 Å². The Hall–Kier alpha value is -3.22. The first kappa shape index (κ1) is 19.5. The first-order chi connectivity index (χ1) is 13.5. The molecule has 7 nitrogen and oxygen atoms in total. The average Bonchev–Trinajstić information content (AvgIpc) is 3.07. The zero-order chi connectivity index (χ0) is 19.9. The van der Waals surface area contributed by atoms with Gasteiger partial charge in [-0.25, -0.2) is 9.78 Å². The number of hydrogen-bond donors (Lipinski definition) is 2. The lowest BCUT2D eigenvalue weighted by atomic mass is 10.1. The van der Waals surface area contributed by atoms with Gasteiger partial charge < -0.3 is 9.73 Å². The van der Waals surface area contributed by atoms with Crippen LogP contribution in [-0.2, 0) is 19.3 Å². The maximum absolute atomic E-state index is 12.4. The highest BCUT2D eigenvalue weighted by Gasteiger charge is 2.16. The van der Waals surface area contributed by atoms with E-state index in [1.807, 2.05) is 25.1 Å². The highest BCUT2D eigenvalue weighted by molar-refractivity contribution is 5.95. The molecule has 2 heterocycles. The van der Waals surface area contributed by atoms with E-state index in [1.54, 1.807) is 13.0 Å². The smallest absolute Gasteiger partial charge is 0.349 e. The van der Waals surface area contributed by atoms with Gasteiger partial charge in [0.05, 0.1) is 0 Å². The van der Waals surface area contributed by atoms with Gasteiger partial charge in [-0.15, -0.1) is 0 Å². The topological polar surface area (TPSA) is 101 Å². The largest absolute Gasteiger partial charge is 0.427 e. The molecule has 0 unspecified atom stereocenters. The molecule has 3 rings (SSSR count). The molecule has 0 spiro atoms. The fourth-order valence-electron chi connectivity index (χ4n) is 3.06. The Morgan fingerprint density at radius 3 is 2.61 bits per heavy atom. The second-order valence-electron chi connectivity index (χ2n) is 6.74. The summed E-state index contributed by atoms with van der Waals surface area (Å²) in [5.74, 6) is 1.51. The number of nitrogens with zero attached hydrogens (tertiary/aromatic N) is 2. The van der Waals surface area contributed by atoms with Crippen LogP contribution in [0, 0.1) is 13.8 Å². The number of nitrogens with one attached hydrogen (secondary N) is 2. The molecule has 1 aromatic carbocycles. The molecule has 2 aromatic heterocycles. The molecule has 28 heavy (non-hydrogen) atoms. The maximum Gasteiger partial charge on any atom is 0.349 e. The number of rotatable bonds is 8. The van der Waals surface area contributed by atoms with Crippen molar-refractivity contribution in [3.8, 4) is 0 Å². The third-order valence-electron chi connectivity index (χ3n) is 4.44. The van der Waals surface area contributed by atoms with Crippen LogP contribution in [-0.4, -0.2) is 27.6 Å². The van der Waals surface area contributed by atoms with Gasteiger partial charge in [0, 0.05) is 19.4 Å². The molecule has 0 bridgehead atoms. The average molecular weight is 380 g/mol. The minimum atomic E-state index is -0.596. The summed E-state index contributed by atoms with van der Waals surface area (Å²) in [7, 11) is 0. The Kier molecular flexibility index (Phi) is 6.37. The first-order valence-electron chi connectivity index (χ1n) is 9.36. The predicted octanol–water partition coefficient (Wildman–Crippen LogP) is 2.52. The van der Waals surface area contributed by atoms with Crippen molar-refractivity contribution in [2.45, 2.75) is 39.5 Å². The van der Waals surface area contributed by atoms with Gasteiger partial charge >= 0.3 is 5.63 Å². The molecule has 146 valence electrons. The number of aromatic amines is 1. The van der Waals surface area contributed by atoms with E-state index >= 15 is 0 Å². The predicted molar refractivity (Wildman–Crippen MR) is 105 cm³/mol. The summed E-state index contributed by atoms with van der Waals surface area (Å²) in [6.45, 7) is 3.91. The lowest BCUT2D eigenvalue weighted by molar-refractivity contribution is 0.0949. The van der Waals surface area contributed by atoms with E-state index in [1.165, 1.54) is 5.56 Å². The number of hydrogen-bond acceptors (Lipinski definition) is 5. The van der Waals surface area contributed by atoms with Gasteiger partial charge in [0.25, 0.3) is 5.91 Å². The Morgan fingerprint density at radius 2 is 1.93 bits per heavy atom. The van der Waals surface area contributed by atoms with Crippen LogP contribution in [0.1, 0.15) is 45.3 Å². The van der Waals surface area contributed by atoms with Gasteiger partial charge in [-0.1, -0.05) is 30.3 Å². The SMILES string of the molecule is Cc1nc(CCNC(=O)c2c(C)cc(CCCc3ccccc3)oc2=O)n[nH]1. The van der Waals surface area contributed by atoms with Gasteiger partial charge in [0.1, 0.15) is 17.1 Å². The summed E-state index contributed by atoms with van der Waals surface area (Å²) in [4.78, 5) is 28.9. The fraction of sp³-hybridized carbons (Fsp3) is 0.333. The lowest BCUT2D eigenvalue weighted by Crippen LogP contribution is -2.31. The summed E-state index contributed by atoms with van der Waals surface area (Å²) in [6.07, 6.45) is 2.91. The number of aromatic nitrogens is 3. The zero-order valence-electron chi connectivity index (χ0n) is 16.1. The second-order valence-corrected chi connectivity index (χ2v) is 6.74. The van der Waals surface area contributed by atoms with Crippen molar-refractivity contribution < 1.29 is 9.21 Å². The molecule has 0 radical (unpaired) electrons. The maximum atomic E-state index is 12.4. The number of aryl methyl sites for hydroxylation is 4. The van der Waals surface area contributed by atoms with Crippen molar-refractivity contribution in [3.63, 3.8) is 0 Å². The molecular weight excluding hydrogens is 356 g/mol. The van der Waals surface area contributed by atoms with Gasteiger partial charge in [0.2, 0.25) is 0 Å². The summed E-state index contributed by atoms with van der Waals surface area (Å²) < 4.78 is 5.37. The van der Waals surface area contributed by atoms with Gasteiger partial charge in [-0.2, -0.15) is 5.10 Å². The highest BCUT2D eigenvalue weighted by Crippen LogP contribution is 2.11. The van der Waals surface area contributed by atoms with E-state index in [4.69, 9.17) is 4.42 Å². The summed E-state index contributed by atoms with van der Waals surface area (Å²) >= 11 is 0. The van der Waals surface area contributed by atoms with Crippen LogP contribution >= 0.6 is 0 Å². The minimum absolute atomic E-state index is 0.0537. The van der Waals surface area contributed by atoms with Crippen LogP contribution in [0.15, 0.2) is 45.6 Å². The van der Waals surface area contributed by atoms with Crippen molar-refractivity contribution >= 4 is 5.91 Å². The van der Waals surface area contributed by atoms with Crippen molar-refractivity contribution in [1.29, 1.82) is 0 Å².